The molecule has 1 aliphatic carbocycles. The standard InChI is InChI=1S/C28H24ClN3OS/c1-2-19-12-13-25(34-19)26-20(16-30)28(31)32(22-11-7-6-10-21(22)29)23-14-18(15-24(33)27(23)26)17-8-4-3-5-9-17/h3-13,18,26H,2,14-15,31H2,1H3/t18-,26-/m0/s1. The number of nitriles is 1. The van der Waals surface area contributed by atoms with Crippen molar-refractivity contribution >= 4 is 34.4 Å². The summed E-state index contributed by atoms with van der Waals surface area (Å²) >= 11 is 8.25. The number of hydrogen-bond acceptors (Lipinski definition) is 5. The first-order chi connectivity index (χ1) is 16.5. The van der Waals surface area contributed by atoms with Crippen molar-refractivity contribution in [1.82, 2.24) is 0 Å². The molecule has 0 bridgehead atoms. The number of carbonyl (C=O) groups is 1. The molecule has 2 N–H and O–H groups in total. The van der Waals surface area contributed by atoms with E-state index in [9.17, 15) is 10.1 Å². The lowest BCUT2D eigenvalue weighted by atomic mass is 9.73. The SMILES string of the molecule is CCc1ccc([C@@H]2C(C#N)=C(N)N(c3ccccc3Cl)C3=C2C(=O)C[C@@H](c2ccccc2)C3)s1. The van der Waals surface area contributed by atoms with Crippen molar-refractivity contribution in [1.29, 1.82) is 5.26 Å². The van der Waals surface area contributed by atoms with Crippen LogP contribution in [-0.4, -0.2) is 5.78 Å². The van der Waals surface area contributed by atoms with E-state index in [1.807, 2.05) is 47.4 Å². The second kappa shape index (κ2) is 9.13. The number of rotatable bonds is 4. The van der Waals surface area contributed by atoms with Crippen LogP contribution in [0.4, 0.5) is 5.69 Å². The van der Waals surface area contributed by atoms with Crippen molar-refractivity contribution in [3.8, 4) is 6.07 Å². The number of para-hydroxylation sites is 1. The first kappa shape index (κ1) is 22.5. The predicted octanol–water partition coefficient (Wildman–Crippen LogP) is 6.66. The molecule has 0 saturated heterocycles. The molecule has 4 nitrogen and oxygen atoms in total. The van der Waals surface area contributed by atoms with Gasteiger partial charge in [0.05, 0.1) is 28.3 Å². The Bertz CT molecular complexity index is 1370. The summed E-state index contributed by atoms with van der Waals surface area (Å²) in [7, 11) is 0. The Morgan fingerprint density at radius 3 is 2.50 bits per heavy atom. The number of carbonyl (C=O) groups excluding carboxylic acids is 1. The number of thiophene rings is 1. The van der Waals surface area contributed by atoms with Crippen LogP contribution in [-0.2, 0) is 11.2 Å². The molecule has 5 rings (SSSR count). The minimum Gasteiger partial charge on any atom is -0.384 e. The third-order valence-electron chi connectivity index (χ3n) is 6.65. The summed E-state index contributed by atoms with van der Waals surface area (Å²) in [6, 6.07) is 24.0. The molecule has 0 amide bonds. The van der Waals surface area contributed by atoms with Crippen molar-refractivity contribution in [2.24, 2.45) is 5.73 Å². The van der Waals surface area contributed by atoms with Crippen LogP contribution < -0.4 is 10.6 Å². The van der Waals surface area contributed by atoms with Gasteiger partial charge < -0.3 is 5.73 Å². The van der Waals surface area contributed by atoms with Gasteiger partial charge in [0, 0.05) is 27.4 Å². The van der Waals surface area contributed by atoms with Gasteiger partial charge in [-0.1, -0.05) is 61.0 Å². The lowest BCUT2D eigenvalue weighted by Crippen LogP contribution is -2.40. The summed E-state index contributed by atoms with van der Waals surface area (Å²) in [6.45, 7) is 2.10. The molecule has 0 saturated carbocycles. The Kier molecular flexibility index (Phi) is 6.03. The number of halogens is 1. The molecule has 2 heterocycles. The van der Waals surface area contributed by atoms with Gasteiger partial charge >= 0.3 is 0 Å². The lowest BCUT2D eigenvalue weighted by Gasteiger charge is -2.41. The largest absolute Gasteiger partial charge is 0.384 e. The number of nitrogens with zero attached hydrogens (tertiary/aromatic N) is 2. The van der Waals surface area contributed by atoms with E-state index in [0.717, 1.165) is 22.6 Å². The third-order valence-corrected chi connectivity index (χ3v) is 8.26. The van der Waals surface area contributed by atoms with Crippen LogP contribution in [0.1, 0.15) is 46.9 Å². The molecule has 0 radical (unpaired) electrons. The molecule has 0 spiro atoms. The fourth-order valence-electron chi connectivity index (χ4n) is 5.02. The highest BCUT2D eigenvalue weighted by atomic mass is 35.5. The molecule has 6 heteroatoms. The van der Waals surface area contributed by atoms with Crippen LogP contribution >= 0.6 is 22.9 Å². The predicted molar refractivity (Wildman–Crippen MR) is 138 cm³/mol. The fourth-order valence-corrected chi connectivity index (χ4v) is 6.32. The summed E-state index contributed by atoms with van der Waals surface area (Å²) in [4.78, 5) is 17.9. The maximum Gasteiger partial charge on any atom is 0.162 e. The summed E-state index contributed by atoms with van der Waals surface area (Å²) < 4.78 is 0. The molecule has 170 valence electrons. The number of benzene rings is 2. The molecule has 1 aliphatic heterocycles. The molecule has 34 heavy (non-hydrogen) atoms. The average Bonchev–Trinajstić information content (AvgIpc) is 3.33. The fraction of sp³-hybridized carbons (Fsp3) is 0.214. The van der Waals surface area contributed by atoms with Crippen LogP contribution in [0, 0.1) is 11.3 Å². The van der Waals surface area contributed by atoms with Crippen LogP contribution in [0.3, 0.4) is 0 Å². The van der Waals surface area contributed by atoms with Gasteiger partial charge in [-0.25, -0.2) is 0 Å². The van der Waals surface area contributed by atoms with E-state index in [-0.39, 0.29) is 11.7 Å². The number of ketones is 1. The minimum atomic E-state index is -0.451. The Morgan fingerprint density at radius 2 is 1.82 bits per heavy atom. The molecule has 0 fully saturated rings. The quantitative estimate of drug-likeness (QED) is 0.448. The van der Waals surface area contributed by atoms with Crippen molar-refractivity contribution < 1.29 is 4.79 Å². The van der Waals surface area contributed by atoms with Crippen molar-refractivity contribution in [2.45, 2.75) is 38.0 Å². The number of hydrogen-bond donors (Lipinski definition) is 1. The molecular formula is C28H24ClN3OS. The van der Waals surface area contributed by atoms with E-state index in [2.05, 4.69) is 31.2 Å². The third kappa shape index (κ3) is 3.73. The van der Waals surface area contributed by atoms with E-state index < -0.39 is 5.92 Å². The smallest absolute Gasteiger partial charge is 0.162 e. The number of Topliss-reactive ketones (excluding diaryl/α,β-unsaturated/α-hetero) is 1. The Balaban J connectivity index is 1.73. The van der Waals surface area contributed by atoms with Gasteiger partial charge in [0.2, 0.25) is 0 Å². The van der Waals surface area contributed by atoms with Gasteiger partial charge in [-0.3, -0.25) is 9.69 Å². The summed E-state index contributed by atoms with van der Waals surface area (Å²) in [5.41, 5.74) is 10.4. The Morgan fingerprint density at radius 1 is 1.09 bits per heavy atom. The topological polar surface area (TPSA) is 70.1 Å². The highest BCUT2D eigenvalue weighted by Crippen LogP contribution is 2.51. The van der Waals surface area contributed by atoms with E-state index >= 15 is 0 Å². The van der Waals surface area contributed by atoms with E-state index in [1.54, 1.807) is 17.4 Å². The number of allylic oxidation sites excluding steroid dienone is 3. The zero-order chi connectivity index (χ0) is 23.8. The van der Waals surface area contributed by atoms with E-state index in [1.165, 1.54) is 4.88 Å². The highest BCUT2D eigenvalue weighted by molar-refractivity contribution is 7.12. The summed E-state index contributed by atoms with van der Waals surface area (Å²) in [5, 5.41) is 10.7. The first-order valence-electron chi connectivity index (χ1n) is 11.4. The number of nitrogens with two attached hydrogens (primary N) is 1. The van der Waals surface area contributed by atoms with Crippen LogP contribution in [0.5, 0.6) is 0 Å². The average molecular weight is 486 g/mol. The van der Waals surface area contributed by atoms with Gasteiger partial charge in [-0.15, -0.1) is 11.3 Å². The van der Waals surface area contributed by atoms with Crippen LogP contribution in [0.15, 0.2) is 89.4 Å². The van der Waals surface area contributed by atoms with Crippen molar-refractivity contribution in [3.05, 3.63) is 110 Å². The normalized spacial score (nSPS) is 20.4. The molecule has 2 aliphatic rings. The number of anilines is 1. The molecular weight excluding hydrogens is 462 g/mol. The molecule has 3 aromatic rings. The summed E-state index contributed by atoms with van der Waals surface area (Å²) in [6.07, 6.45) is 1.94. The lowest BCUT2D eigenvalue weighted by molar-refractivity contribution is -0.116. The molecule has 2 aromatic carbocycles. The monoisotopic (exact) mass is 485 g/mol. The minimum absolute atomic E-state index is 0.0315. The summed E-state index contributed by atoms with van der Waals surface area (Å²) in [5.74, 6) is -0.0199. The zero-order valence-corrected chi connectivity index (χ0v) is 20.4. The Hall–Kier alpha value is -3.33. The van der Waals surface area contributed by atoms with Gasteiger partial charge in [0.1, 0.15) is 5.82 Å². The maximum absolute atomic E-state index is 13.8. The first-order valence-corrected chi connectivity index (χ1v) is 12.6. The molecule has 2 atom stereocenters. The van der Waals surface area contributed by atoms with Gasteiger partial charge in [0.15, 0.2) is 5.78 Å². The highest BCUT2D eigenvalue weighted by Gasteiger charge is 2.43. The van der Waals surface area contributed by atoms with E-state index in [4.69, 9.17) is 17.3 Å². The van der Waals surface area contributed by atoms with Crippen molar-refractivity contribution in [2.75, 3.05) is 4.90 Å². The maximum atomic E-state index is 13.8. The second-order valence-electron chi connectivity index (χ2n) is 8.59. The molecule has 1 aromatic heterocycles. The van der Waals surface area contributed by atoms with E-state index in [0.29, 0.717) is 40.5 Å². The zero-order valence-electron chi connectivity index (χ0n) is 18.8. The second-order valence-corrected chi connectivity index (χ2v) is 10.2. The molecule has 0 unspecified atom stereocenters. The number of aryl methyl sites for hydroxylation is 1. The Labute approximate surface area is 208 Å². The van der Waals surface area contributed by atoms with Gasteiger partial charge in [-0.2, -0.15) is 5.26 Å². The van der Waals surface area contributed by atoms with Crippen molar-refractivity contribution in [3.63, 3.8) is 0 Å². The van der Waals surface area contributed by atoms with Gasteiger partial charge in [0.25, 0.3) is 0 Å². The van der Waals surface area contributed by atoms with Gasteiger partial charge in [-0.05, 0) is 48.6 Å². The van der Waals surface area contributed by atoms with Crippen LogP contribution in [0.2, 0.25) is 5.02 Å². The van der Waals surface area contributed by atoms with Crippen LogP contribution in [0.25, 0.3) is 0 Å².